The van der Waals surface area contributed by atoms with E-state index < -0.39 is 15.9 Å². The number of furan rings is 1. The summed E-state index contributed by atoms with van der Waals surface area (Å²) in [5.41, 5.74) is 0. The van der Waals surface area contributed by atoms with Crippen LogP contribution in [0.2, 0.25) is 0 Å². The molecule has 0 saturated carbocycles. The first kappa shape index (κ1) is 16.0. The molecule has 1 saturated heterocycles. The van der Waals surface area contributed by atoms with E-state index in [0.29, 0.717) is 10.7 Å². The summed E-state index contributed by atoms with van der Waals surface area (Å²) in [6, 6.07) is 6.69. The first-order chi connectivity index (χ1) is 11.0. The van der Waals surface area contributed by atoms with E-state index in [1.54, 1.807) is 23.6 Å². The zero-order chi connectivity index (χ0) is 16.4. The van der Waals surface area contributed by atoms with Gasteiger partial charge in [0, 0.05) is 12.5 Å². The first-order valence-electron chi connectivity index (χ1n) is 6.66. The molecular formula is C14H12N2O4S3. The molecule has 0 atom stereocenters. The van der Waals surface area contributed by atoms with E-state index in [4.69, 9.17) is 4.42 Å². The molecular weight excluding hydrogens is 356 g/mol. The maximum atomic E-state index is 12.1. The van der Waals surface area contributed by atoms with Crippen LogP contribution in [0.4, 0.5) is 0 Å². The predicted octanol–water partition coefficient (Wildman–Crippen LogP) is 2.85. The lowest BCUT2D eigenvalue weighted by Gasteiger charge is -1.95. The number of carbonyl (C=O) groups is 1. The van der Waals surface area contributed by atoms with Gasteiger partial charge in [0.25, 0.3) is 15.9 Å². The minimum Gasteiger partial charge on any atom is -0.462 e. The zero-order valence-electron chi connectivity index (χ0n) is 12.0. The van der Waals surface area contributed by atoms with Crippen LogP contribution >= 0.6 is 23.1 Å². The number of carbonyl (C=O) groups excluding carboxylic acids is 1. The van der Waals surface area contributed by atoms with Gasteiger partial charge >= 0.3 is 0 Å². The normalized spacial score (nSPS) is 18.7. The van der Waals surface area contributed by atoms with Crippen molar-refractivity contribution in [2.75, 3.05) is 0 Å². The molecule has 6 nitrogen and oxygen atoms in total. The van der Waals surface area contributed by atoms with Crippen molar-refractivity contribution in [1.82, 2.24) is 5.32 Å². The second-order valence-corrected chi connectivity index (χ2v) is 8.34. The number of nitrogens with one attached hydrogen (secondary N) is 1. The minimum absolute atomic E-state index is 0.0388. The van der Waals surface area contributed by atoms with Crippen LogP contribution in [0.15, 0.2) is 47.6 Å². The Bertz CT molecular complexity index is 892. The predicted molar refractivity (Wildman–Crippen MR) is 90.7 cm³/mol. The highest BCUT2D eigenvalue weighted by atomic mass is 32.2. The fourth-order valence-electron chi connectivity index (χ4n) is 1.83. The molecule has 0 aliphatic carbocycles. The molecule has 23 heavy (non-hydrogen) atoms. The summed E-state index contributed by atoms with van der Waals surface area (Å²) in [6.45, 7) is 1.97. The van der Waals surface area contributed by atoms with Gasteiger partial charge in [0.05, 0.1) is 4.91 Å². The van der Waals surface area contributed by atoms with Crippen LogP contribution in [0, 0.1) is 0 Å². The van der Waals surface area contributed by atoms with Gasteiger partial charge in [-0.25, -0.2) is 0 Å². The number of aryl methyl sites for hydroxylation is 1. The third kappa shape index (κ3) is 3.57. The van der Waals surface area contributed by atoms with Crippen molar-refractivity contribution in [3.05, 3.63) is 46.1 Å². The van der Waals surface area contributed by atoms with Crippen molar-refractivity contribution in [3.63, 3.8) is 0 Å². The topological polar surface area (TPSA) is 88.7 Å². The van der Waals surface area contributed by atoms with E-state index in [1.165, 1.54) is 6.07 Å². The van der Waals surface area contributed by atoms with Crippen molar-refractivity contribution >= 4 is 50.3 Å². The Morgan fingerprint density at radius 3 is 2.83 bits per heavy atom. The molecule has 120 valence electrons. The molecule has 3 heterocycles. The zero-order valence-corrected chi connectivity index (χ0v) is 14.4. The molecule has 2 aromatic rings. The number of nitrogens with zero attached hydrogens (tertiary/aromatic N) is 1. The Morgan fingerprint density at radius 2 is 2.17 bits per heavy atom. The van der Waals surface area contributed by atoms with Crippen LogP contribution in [0.25, 0.3) is 6.08 Å². The van der Waals surface area contributed by atoms with Crippen molar-refractivity contribution in [2.45, 2.75) is 17.6 Å². The highest BCUT2D eigenvalue weighted by Crippen LogP contribution is 2.28. The van der Waals surface area contributed by atoms with Gasteiger partial charge in [0.15, 0.2) is 5.17 Å². The van der Waals surface area contributed by atoms with E-state index in [0.717, 1.165) is 35.3 Å². The summed E-state index contributed by atoms with van der Waals surface area (Å²) in [5, 5.41) is 4.15. The van der Waals surface area contributed by atoms with Gasteiger partial charge in [-0.3, -0.25) is 10.1 Å². The van der Waals surface area contributed by atoms with Crippen molar-refractivity contribution in [1.29, 1.82) is 0 Å². The van der Waals surface area contributed by atoms with Gasteiger partial charge in [-0.2, -0.15) is 8.42 Å². The third-order valence-electron chi connectivity index (χ3n) is 2.91. The average molecular weight is 368 g/mol. The van der Waals surface area contributed by atoms with E-state index in [1.807, 2.05) is 13.0 Å². The average Bonchev–Trinajstić information content (AvgIpc) is 3.22. The number of hydrogen-bond donors (Lipinski definition) is 1. The van der Waals surface area contributed by atoms with E-state index in [-0.39, 0.29) is 9.38 Å². The number of amidine groups is 1. The van der Waals surface area contributed by atoms with Gasteiger partial charge in [-0.15, -0.1) is 15.7 Å². The van der Waals surface area contributed by atoms with Gasteiger partial charge in [0.2, 0.25) is 0 Å². The van der Waals surface area contributed by atoms with Gasteiger partial charge in [-0.05, 0) is 35.3 Å². The number of amides is 1. The fourth-order valence-corrected chi connectivity index (χ4v) is 4.76. The second-order valence-electron chi connectivity index (χ2n) is 4.53. The summed E-state index contributed by atoms with van der Waals surface area (Å²) in [7, 11) is -3.80. The second kappa shape index (κ2) is 6.34. The molecule has 2 aromatic heterocycles. The van der Waals surface area contributed by atoms with Gasteiger partial charge in [0.1, 0.15) is 15.7 Å². The number of thiophene rings is 1. The van der Waals surface area contributed by atoms with Crippen LogP contribution in [0.5, 0.6) is 0 Å². The summed E-state index contributed by atoms with van der Waals surface area (Å²) >= 11 is 2.05. The molecule has 0 aromatic carbocycles. The maximum absolute atomic E-state index is 12.1. The van der Waals surface area contributed by atoms with Crippen LogP contribution < -0.4 is 5.32 Å². The molecule has 1 aliphatic rings. The molecule has 0 spiro atoms. The lowest BCUT2D eigenvalue weighted by Crippen LogP contribution is -2.20. The van der Waals surface area contributed by atoms with Crippen molar-refractivity contribution in [2.24, 2.45) is 4.40 Å². The number of sulfonamides is 1. The van der Waals surface area contributed by atoms with Crippen LogP contribution in [0.1, 0.15) is 18.4 Å². The Kier molecular flexibility index (Phi) is 4.42. The monoisotopic (exact) mass is 368 g/mol. The summed E-state index contributed by atoms with van der Waals surface area (Å²) in [4.78, 5) is 12.3. The fraction of sp³-hybridized carbons (Fsp3) is 0.143. The Morgan fingerprint density at radius 1 is 1.35 bits per heavy atom. The van der Waals surface area contributed by atoms with Crippen LogP contribution in [-0.2, 0) is 21.2 Å². The van der Waals surface area contributed by atoms with E-state index in [2.05, 4.69) is 9.71 Å². The Hall–Kier alpha value is -1.84. The third-order valence-corrected chi connectivity index (χ3v) is 6.58. The van der Waals surface area contributed by atoms with Crippen LogP contribution in [-0.4, -0.2) is 19.5 Å². The molecule has 1 aliphatic heterocycles. The quantitative estimate of drug-likeness (QED) is 0.838. The summed E-state index contributed by atoms with van der Waals surface area (Å²) in [5.74, 6) is 0.959. The molecule has 0 unspecified atom stereocenters. The SMILES string of the molecule is CCc1ccc(/C=C2\S/C(=N\S(=O)(=O)c3cccs3)NC2=O)o1. The van der Waals surface area contributed by atoms with Crippen molar-refractivity contribution in [3.8, 4) is 0 Å². The maximum Gasteiger partial charge on any atom is 0.294 e. The molecule has 1 fully saturated rings. The molecule has 1 N–H and O–H groups in total. The molecule has 1 amide bonds. The Balaban J connectivity index is 1.83. The summed E-state index contributed by atoms with van der Waals surface area (Å²) in [6.07, 6.45) is 2.33. The molecule has 3 rings (SSSR count). The highest BCUT2D eigenvalue weighted by molar-refractivity contribution is 8.19. The number of rotatable bonds is 4. The number of thioether (sulfide) groups is 1. The Labute approximate surface area is 141 Å². The minimum atomic E-state index is -3.80. The lowest BCUT2D eigenvalue weighted by molar-refractivity contribution is -0.115. The highest BCUT2D eigenvalue weighted by Gasteiger charge is 2.27. The smallest absolute Gasteiger partial charge is 0.294 e. The van der Waals surface area contributed by atoms with Crippen LogP contribution in [0.3, 0.4) is 0 Å². The standard InChI is InChI=1S/C14H12N2O4S3/c1-2-9-5-6-10(20-9)8-11-13(17)15-14(22-11)16-23(18,19)12-4-3-7-21-12/h3-8H,2H2,1H3,(H,15,16,17)/b11-8-. The van der Waals surface area contributed by atoms with Gasteiger partial charge < -0.3 is 4.42 Å². The van der Waals surface area contributed by atoms with Gasteiger partial charge in [-0.1, -0.05) is 13.0 Å². The van der Waals surface area contributed by atoms with Crippen molar-refractivity contribution < 1.29 is 17.6 Å². The molecule has 0 bridgehead atoms. The summed E-state index contributed by atoms with van der Waals surface area (Å²) < 4.78 is 33.5. The molecule has 9 heteroatoms. The molecule has 0 radical (unpaired) electrons. The van der Waals surface area contributed by atoms with E-state index in [9.17, 15) is 13.2 Å². The lowest BCUT2D eigenvalue weighted by atomic mass is 10.3. The number of hydrogen-bond acceptors (Lipinski definition) is 6. The first-order valence-corrected chi connectivity index (χ1v) is 9.79. The van der Waals surface area contributed by atoms with E-state index >= 15 is 0 Å². The largest absolute Gasteiger partial charge is 0.462 e.